The van der Waals surface area contributed by atoms with Gasteiger partial charge in [-0.15, -0.1) is 11.8 Å². The van der Waals surface area contributed by atoms with Crippen LogP contribution in [-0.4, -0.2) is 40.2 Å². The Morgan fingerprint density at radius 1 is 1.03 bits per heavy atom. The van der Waals surface area contributed by atoms with Crippen molar-refractivity contribution in [2.24, 2.45) is 0 Å². The number of hydrogen-bond acceptors (Lipinski definition) is 7. The Morgan fingerprint density at radius 3 is 2.36 bits per heavy atom. The fourth-order valence-electron chi connectivity index (χ4n) is 3.22. The number of amides is 1. The summed E-state index contributed by atoms with van der Waals surface area (Å²) in [5.41, 5.74) is 1.55. The largest absolute Gasteiger partial charge is 0.464 e. The lowest BCUT2D eigenvalue weighted by Crippen LogP contribution is -2.34. The fourth-order valence-corrected chi connectivity index (χ4v) is 4.83. The first-order valence-corrected chi connectivity index (χ1v) is 13.3. The predicted octanol–water partition coefficient (Wildman–Crippen LogP) is 6.78. The van der Waals surface area contributed by atoms with Gasteiger partial charge in [0.2, 0.25) is 0 Å². The van der Waals surface area contributed by atoms with Gasteiger partial charge in [-0.1, -0.05) is 53.9 Å². The summed E-state index contributed by atoms with van der Waals surface area (Å²) in [6.45, 7) is 4.11. The number of pyridine rings is 2. The summed E-state index contributed by atoms with van der Waals surface area (Å²) >= 11 is 20.0. The second-order valence-corrected chi connectivity index (χ2v) is 9.99. The average molecular weight is 568 g/mol. The molecule has 36 heavy (non-hydrogen) atoms. The minimum Gasteiger partial charge on any atom is -0.464 e. The molecular formula is C25H25Cl3N4O3S. The predicted molar refractivity (Wildman–Crippen MR) is 147 cm³/mol. The van der Waals surface area contributed by atoms with Crippen molar-refractivity contribution in [3.8, 4) is 0 Å². The van der Waals surface area contributed by atoms with Crippen molar-refractivity contribution in [2.45, 2.75) is 37.6 Å². The van der Waals surface area contributed by atoms with Crippen molar-refractivity contribution in [3.63, 3.8) is 0 Å². The Balaban J connectivity index is 1.72. The first kappa shape index (κ1) is 28.1. The van der Waals surface area contributed by atoms with Gasteiger partial charge in [0, 0.05) is 35.6 Å². The van der Waals surface area contributed by atoms with Gasteiger partial charge in [-0.2, -0.15) is 0 Å². The van der Waals surface area contributed by atoms with E-state index in [1.807, 2.05) is 18.2 Å². The van der Waals surface area contributed by atoms with E-state index in [1.54, 1.807) is 37.0 Å². The standard InChI is InChI=1S/C25H25Cl3N4O3S/c1-3-9-36-21-11-22(30-14-17(21)26)32-20(25(34)35-4-2)10-15-5-7-16(8-6-15)31-24(33)23-18(27)12-29-13-19(23)28/h5-8,11-14,20H,3-4,9-10H2,1-2H3,(H,30,32)(H,31,33). The zero-order valence-corrected chi connectivity index (χ0v) is 22.8. The van der Waals surface area contributed by atoms with Crippen LogP contribution in [0.2, 0.25) is 15.1 Å². The zero-order valence-electron chi connectivity index (χ0n) is 19.7. The summed E-state index contributed by atoms with van der Waals surface area (Å²) < 4.78 is 5.27. The zero-order chi connectivity index (χ0) is 26.1. The summed E-state index contributed by atoms with van der Waals surface area (Å²) in [4.78, 5) is 34.4. The molecule has 1 amide bonds. The maximum Gasteiger partial charge on any atom is 0.328 e. The maximum atomic E-state index is 12.7. The molecule has 1 atom stereocenters. The van der Waals surface area contributed by atoms with Crippen LogP contribution in [0.3, 0.4) is 0 Å². The molecule has 190 valence electrons. The van der Waals surface area contributed by atoms with Crippen molar-refractivity contribution < 1.29 is 14.3 Å². The lowest BCUT2D eigenvalue weighted by atomic mass is 10.1. The number of nitrogens with zero attached hydrogens (tertiary/aromatic N) is 2. The quantitative estimate of drug-likeness (QED) is 0.195. The van der Waals surface area contributed by atoms with E-state index in [0.717, 1.165) is 22.6 Å². The molecule has 2 N–H and O–H groups in total. The molecule has 0 fully saturated rings. The van der Waals surface area contributed by atoms with Crippen molar-refractivity contribution in [2.75, 3.05) is 23.0 Å². The summed E-state index contributed by atoms with van der Waals surface area (Å²) in [6.07, 6.45) is 5.64. The molecule has 0 radical (unpaired) electrons. The minimum absolute atomic E-state index is 0.149. The van der Waals surface area contributed by atoms with Gasteiger partial charge in [-0.05, 0) is 42.9 Å². The van der Waals surface area contributed by atoms with E-state index >= 15 is 0 Å². The van der Waals surface area contributed by atoms with E-state index in [-0.39, 0.29) is 22.2 Å². The highest BCUT2D eigenvalue weighted by molar-refractivity contribution is 7.99. The first-order chi connectivity index (χ1) is 17.3. The SMILES string of the molecule is CCCSc1cc(NC(Cc2ccc(NC(=O)c3c(Cl)cncc3Cl)cc2)C(=O)OCC)ncc1Cl. The fraction of sp³-hybridized carbons (Fsp3) is 0.280. The summed E-state index contributed by atoms with van der Waals surface area (Å²) in [5.74, 6) is 0.617. The van der Waals surface area contributed by atoms with Gasteiger partial charge in [0.05, 0.1) is 27.2 Å². The van der Waals surface area contributed by atoms with Crippen LogP contribution in [0.25, 0.3) is 0 Å². The Hall–Kier alpha value is -2.52. The van der Waals surface area contributed by atoms with Gasteiger partial charge in [0.15, 0.2) is 0 Å². The summed E-state index contributed by atoms with van der Waals surface area (Å²) in [7, 11) is 0. The molecule has 3 aromatic rings. The highest BCUT2D eigenvalue weighted by Gasteiger charge is 2.22. The molecule has 1 unspecified atom stereocenters. The third-order valence-corrected chi connectivity index (χ3v) is 7.15. The highest BCUT2D eigenvalue weighted by Crippen LogP contribution is 2.29. The molecule has 0 saturated heterocycles. The molecule has 1 aromatic carbocycles. The van der Waals surface area contributed by atoms with E-state index in [1.165, 1.54) is 12.4 Å². The Labute approximate surface area is 229 Å². The molecule has 11 heteroatoms. The molecule has 2 heterocycles. The topological polar surface area (TPSA) is 93.2 Å². The summed E-state index contributed by atoms with van der Waals surface area (Å²) in [5, 5.41) is 6.82. The van der Waals surface area contributed by atoms with Gasteiger partial charge in [0.25, 0.3) is 5.91 Å². The van der Waals surface area contributed by atoms with E-state index in [9.17, 15) is 9.59 Å². The van der Waals surface area contributed by atoms with E-state index in [4.69, 9.17) is 39.5 Å². The van der Waals surface area contributed by atoms with Gasteiger partial charge in [0.1, 0.15) is 11.9 Å². The lowest BCUT2D eigenvalue weighted by Gasteiger charge is -2.19. The molecule has 7 nitrogen and oxygen atoms in total. The van der Waals surface area contributed by atoms with Crippen LogP contribution in [0.4, 0.5) is 11.5 Å². The van der Waals surface area contributed by atoms with Crippen molar-refractivity contribution in [3.05, 3.63) is 75.1 Å². The Morgan fingerprint density at radius 2 is 1.72 bits per heavy atom. The molecular weight excluding hydrogens is 543 g/mol. The van der Waals surface area contributed by atoms with Gasteiger partial charge in [-0.25, -0.2) is 9.78 Å². The van der Waals surface area contributed by atoms with Crippen LogP contribution in [0.5, 0.6) is 0 Å². The number of carbonyl (C=O) groups excluding carboxylic acids is 2. The third-order valence-electron chi connectivity index (χ3n) is 4.91. The monoisotopic (exact) mass is 566 g/mol. The van der Waals surface area contributed by atoms with E-state index in [2.05, 4.69) is 27.5 Å². The van der Waals surface area contributed by atoms with Gasteiger partial charge in [-0.3, -0.25) is 9.78 Å². The smallest absolute Gasteiger partial charge is 0.328 e. The number of ether oxygens (including phenoxy) is 1. The number of benzene rings is 1. The molecule has 0 aliphatic rings. The normalized spacial score (nSPS) is 11.6. The number of aromatic nitrogens is 2. The van der Waals surface area contributed by atoms with Crippen LogP contribution < -0.4 is 10.6 Å². The second kappa shape index (κ2) is 13.7. The van der Waals surface area contributed by atoms with Crippen molar-refractivity contribution in [1.82, 2.24) is 9.97 Å². The summed E-state index contributed by atoms with van der Waals surface area (Å²) in [6, 6.07) is 8.27. The van der Waals surface area contributed by atoms with Crippen LogP contribution in [-0.2, 0) is 16.0 Å². The van der Waals surface area contributed by atoms with Gasteiger partial charge >= 0.3 is 5.97 Å². The highest BCUT2D eigenvalue weighted by atomic mass is 35.5. The Kier molecular flexibility index (Phi) is 10.7. The van der Waals surface area contributed by atoms with Crippen molar-refractivity contribution in [1.29, 1.82) is 0 Å². The number of anilines is 2. The number of rotatable bonds is 11. The molecule has 0 aliphatic carbocycles. The number of nitrogens with one attached hydrogen (secondary N) is 2. The van der Waals surface area contributed by atoms with E-state index in [0.29, 0.717) is 22.9 Å². The third kappa shape index (κ3) is 7.74. The number of esters is 1. The van der Waals surface area contributed by atoms with Crippen LogP contribution >= 0.6 is 46.6 Å². The number of carbonyl (C=O) groups is 2. The van der Waals surface area contributed by atoms with Crippen molar-refractivity contribution >= 4 is 69.9 Å². The van der Waals surface area contributed by atoms with E-state index < -0.39 is 17.9 Å². The second-order valence-electron chi connectivity index (χ2n) is 7.63. The van der Waals surface area contributed by atoms with Crippen LogP contribution in [0, 0.1) is 0 Å². The first-order valence-electron chi connectivity index (χ1n) is 11.2. The molecule has 0 saturated carbocycles. The number of thioether (sulfide) groups is 1. The maximum absolute atomic E-state index is 12.7. The molecule has 2 aromatic heterocycles. The van der Waals surface area contributed by atoms with Crippen LogP contribution in [0.1, 0.15) is 36.2 Å². The van der Waals surface area contributed by atoms with Gasteiger partial charge < -0.3 is 15.4 Å². The number of hydrogen-bond donors (Lipinski definition) is 2. The molecule has 3 rings (SSSR count). The average Bonchev–Trinajstić information content (AvgIpc) is 2.85. The molecule has 0 bridgehead atoms. The van der Waals surface area contributed by atoms with Crippen LogP contribution in [0.15, 0.2) is 53.8 Å². The number of halogens is 3. The molecule has 0 spiro atoms. The lowest BCUT2D eigenvalue weighted by molar-refractivity contribution is -0.144. The Bertz CT molecular complexity index is 1190. The minimum atomic E-state index is -0.669. The molecule has 0 aliphatic heterocycles.